The Bertz CT molecular complexity index is 969. The zero-order chi connectivity index (χ0) is 17.9. The quantitative estimate of drug-likeness (QED) is 0.725. The van der Waals surface area contributed by atoms with Gasteiger partial charge in [-0.2, -0.15) is 0 Å². The molecule has 2 aromatic heterocycles. The van der Waals surface area contributed by atoms with E-state index in [1.807, 2.05) is 36.4 Å². The van der Waals surface area contributed by atoms with Crippen molar-refractivity contribution in [3.8, 4) is 17.0 Å². The van der Waals surface area contributed by atoms with Crippen LogP contribution in [0.3, 0.4) is 0 Å². The largest absolute Gasteiger partial charge is 0.496 e. The fourth-order valence-electron chi connectivity index (χ4n) is 3.32. The summed E-state index contributed by atoms with van der Waals surface area (Å²) in [4.78, 5) is 23.6. The Morgan fingerprint density at radius 1 is 1.12 bits per heavy atom. The second-order valence-electron chi connectivity index (χ2n) is 6.25. The molecular formula is C20H20N4O2. The molecule has 132 valence electrons. The van der Waals surface area contributed by atoms with Gasteiger partial charge in [-0.25, -0.2) is 4.98 Å². The fraction of sp³-hybridized carbons (Fsp3) is 0.250. The van der Waals surface area contributed by atoms with Crippen molar-refractivity contribution >= 4 is 5.95 Å². The first kappa shape index (κ1) is 16.3. The molecule has 0 radical (unpaired) electrons. The number of pyridine rings is 1. The minimum atomic E-state index is -0.0217. The van der Waals surface area contributed by atoms with Gasteiger partial charge in [0.05, 0.1) is 12.8 Å². The number of para-hydroxylation sites is 1. The van der Waals surface area contributed by atoms with E-state index in [0.717, 1.165) is 29.8 Å². The molecule has 1 aliphatic rings. The lowest BCUT2D eigenvalue weighted by Gasteiger charge is -2.31. The van der Waals surface area contributed by atoms with Gasteiger partial charge in [-0.05, 0) is 24.6 Å². The zero-order valence-corrected chi connectivity index (χ0v) is 14.6. The van der Waals surface area contributed by atoms with Gasteiger partial charge in [0.1, 0.15) is 5.75 Å². The molecule has 0 aliphatic carbocycles. The molecule has 0 fully saturated rings. The summed E-state index contributed by atoms with van der Waals surface area (Å²) in [6, 6.07) is 13.3. The Balaban J connectivity index is 1.75. The third kappa shape index (κ3) is 3.06. The molecule has 0 spiro atoms. The van der Waals surface area contributed by atoms with Crippen LogP contribution in [0, 0.1) is 0 Å². The Morgan fingerprint density at radius 2 is 1.92 bits per heavy atom. The van der Waals surface area contributed by atoms with Crippen molar-refractivity contribution in [3.05, 3.63) is 70.8 Å². The number of methoxy groups -OCH3 is 1. The molecule has 6 nitrogen and oxygen atoms in total. The molecule has 3 aromatic rings. The fourth-order valence-corrected chi connectivity index (χ4v) is 3.32. The lowest BCUT2D eigenvalue weighted by molar-refractivity contribution is 0.408. The third-order valence-electron chi connectivity index (χ3n) is 4.61. The van der Waals surface area contributed by atoms with Gasteiger partial charge in [0.2, 0.25) is 5.95 Å². The summed E-state index contributed by atoms with van der Waals surface area (Å²) in [7, 11) is 1.67. The monoisotopic (exact) mass is 348 g/mol. The lowest BCUT2D eigenvalue weighted by Crippen LogP contribution is -2.38. The van der Waals surface area contributed by atoms with Crippen molar-refractivity contribution < 1.29 is 4.74 Å². The SMILES string of the molecule is COc1ccccc1CN1CCCn2c1nc(-c1ccncc1)cc2=O. The molecular weight excluding hydrogens is 328 g/mol. The molecule has 0 atom stereocenters. The van der Waals surface area contributed by atoms with Crippen LogP contribution >= 0.6 is 0 Å². The van der Waals surface area contributed by atoms with Crippen LogP contribution in [-0.2, 0) is 13.1 Å². The van der Waals surface area contributed by atoms with Crippen molar-refractivity contribution in [3.63, 3.8) is 0 Å². The molecule has 26 heavy (non-hydrogen) atoms. The average molecular weight is 348 g/mol. The van der Waals surface area contributed by atoms with Gasteiger partial charge in [0.25, 0.3) is 5.56 Å². The molecule has 1 aliphatic heterocycles. The Kier molecular flexibility index (Phi) is 4.39. The zero-order valence-electron chi connectivity index (χ0n) is 14.6. The van der Waals surface area contributed by atoms with Crippen LogP contribution in [0.1, 0.15) is 12.0 Å². The van der Waals surface area contributed by atoms with Crippen molar-refractivity contribution in [2.45, 2.75) is 19.5 Å². The first-order valence-corrected chi connectivity index (χ1v) is 8.65. The first-order chi connectivity index (χ1) is 12.8. The van der Waals surface area contributed by atoms with Gasteiger partial charge in [0.15, 0.2) is 0 Å². The summed E-state index contributed by atoms with van der Waals surface area (Å²) in [5.41, 5.74) is 2.62. The minimum absolute atomic E-state index is 0.0217. The van der Waals surface area contributed by atoms with Gasteiger partial charge in [-0.1, -0.05) is 18.2 Å². The minimum Gasteiger partial charge on any atom is -0.496 e. The number of nitrogens with zero attached hydrogens (tertiary/aromatic N) is 4. The molecule has 6 heteroatoms. The molecule has 0 amide bonds. The van der Waals surface area contributed by atoms with E-state index in [4.69, 9.17) is 9.72 Å². The number of aromatic nitrogens is 3. The van der Waals surface area contributed by atoms with E-state index in [0.29, 0.717) is 24.7 Å². The highest BCUT2D eigenvalue weighted by Crippen LogP contribution is 2.26. The van der Waals surface area contributed by atoms with E-state index in [2.05, 4.69) is 9.88 Å². The Morgan fingerprint density at radius 3 is 2.73 bits per heavy atom. The second-order valence-corrected chi connectivity index (χ2v) is 6.25. The van der Waals surface area contributed by atoms with Gasteiger partial charge in [0, 0.05) is 49.2 Å². The normalized spacial score (nSPS) is 13.3. The molecule has 0 saturated heterocycles. The standard InChI is InChI=1S/C20H20N4O2/c1-26-18-6-3-2-5-16(18)14-23-11-4-12-24-19(25)13-17(22-20(23)24)15-7-9-21-10-8-15/h2-3,5-10,13H,4,11-12,14H2,1H3. The maximum absolute atomic E-state index is 12.6. The number of ether oxygens (including phenoxy) is 1. The van der Waals surface area contributed by atoms with Crippen molar-refractivity contribution in [2.75, 3.05) is 18.6 Å². The van der Waals surface area contributed by atoms with Crippen LogP contribution in [0.4, 0.5) is 5.95 Å². The first-order valence-electron chi connectivity index (χ1n) is 8.65. The number of anilines is 1. The highest BCUT2D eigenvalue weighted by Gasteiger charge is 2.21. The van der Waals surface area contributed by atoms with Crippen molar-refractivity contribution in [1.29, 1.82) is 0 Å². The van der Waals surface area contributed by atoms with Gasteiger partial charge < -0.3 is 9.64 Å². The summed E-state index contributed by atoms with van der Waals surface area (Å²) >= 11 is 0. The van der Waals surface area contributed by atoms with Crippen LogP contribution in [0.2, 0.25) is 0 Å². The number of hydrogen-bond acceptors (Lipinski definition) is 5. The second kappa shape index (κ2) is 7.00. The summed E-state index contributed by atoms with van der Waals surface area (Å²) in [6.45, 7) is 2.20. The van der Waals surface area contributed by atoms with E-state index >= 15 is 0 Å². The van der Waals surface area contributed by atoms with Crippen LogP contribution < -0.4 is 15.2 Å². The van der Waals surface area contributed by atoms with E-state index in [9.17, 15) is 4.79 Å². The van der Waals surface area contributed by atoms with Crippen LogP contribution in [0.15, 0.2) is 59.7 Å². The highest BCUT2D eigenvalue weighted by molar-refractivity contribution is 5.59. The summed E-state index contributed by atoms with van der Waals surface area (Å²) in [6.07, 6.45) is 4.33. The molecule has 0 saturated carbocycles. The van der Waals surface area contributed by atoms with Crippen LogP contribution in [0.5, 0.6) is 5.75 Å². The Hall–Kier alpha value is -3.15. The van der Waals surface area contributed by atoms with Gasteiger partial charge in [-0.15, -0.1) is 0 Å². The van der Waals surface area contributed by atoms with Crippen LogP contribution in [0.25, 0.3) is 11.3 Å². The molecule has 3 heterocycles. The van der Waals surface area contributed by atoms with E-state index < -0.39 is 0 Å². The maximum Gasteiger partial charge on any atom is 0.255 e. The maximum atomic E-state index is 12.6. The predicted octanol–water partition coefficient (Wildman–Crippen LogP) is 2.72. The van der Waals surface area contributed by atoms with Crippen molar-refractivity contribution in [2.24, 2.45) is 0 Å². The predicted molar refractivity (Wildman–Crippen MR) is 100 cm³/mol. The Labute approximate surface area is 151 Å². The topological polar surface area (TPSA) is 60.2 Å². The van der Waals surface area contributed by atoms with E-state index in [1.165, 1.54) is 0 Å². The smallest absolute Gasteiger partial charge is 0.255 e. The van der Waals surface area contributed by atoms with Crippen LogP contribution in [-0.4, -0.2) is 28.2 Å². The number of benzene rings is 1. The summed E-state index contributed by atoms with van der Waals surface area (Å²) in [5.74, 6) is 1.55. The van der Waals surface area contributed by atoms with E-state index in [1.54, 1.807) is 30.1 Å². The number of fused-ring (bicyclic) bond motifs is 1. The summed E-state index contributed by atoms with van der Waals surface area (Å²) < 4.78 is 7.22. The van der Waals surface area contributed by atoms with Gasteiger partial charge >= 0.3 is 0 Å². The van der Waals surface area contributed by atoms with E-state index in [-0.39, 0.29) is 5.56 Å². The molecule has 0 N–H and O–H groups in total. The average Bonchev–Trinajstić information content (AvgIpc) is 2.69. The number of hydrogen-bond donors (Lipinski definition) is 0. The lowest BCUT2D eigenvalue weighted by atomic mass is 10.1. The highest BCUT2D eigenvalue weighted by atomic mass is 16.5. The van der Waals surface area contributed by atoms with Crippen molar-refractivity contribution in [1.82, 2.24) is 14.5 Å². The molecule has 0 unspecified atom stereocenters. The third-order valence-corrected chi connectivity index (χ3v) is 4.61. The molecule has 4 rings (SSSR count). The number of rotatable bonds is 4. The summed E-state index contributed by atoms with van der Waals surface area (Å²) in [5, 5.41) is 0. The van der Waals surface area contributed by atoms with Gasteiger partial charge in [-0.3, -0.25) is 14.3 Å². The molecule has 1 aromatic carbocycles. The molecule has 0 bridgehead atoms.